The van der Waals surface area contributed by atoms with Crippen LogP contribution in [0, 0.1) is 16.7 Å². The van der Waals surface area contributed by atoms with Gasteiger partial charge in [0.25, 0.3) is 0 Å². The fourth-order valence-corrected chi connectivity index (χ4v) is 6.05. The summed E-state index contributed by atoms with van der Waals surface area (Å²) in [6.45, 7) is 9.75. The molecule has 0 aromatic rings. The van der Waals surface area contributed by atoms with Gasteiger partial charge in [-0.1, -0.05) is 41.0 Å². The van der Waals surface area contributed by atoms with Crippen LogP contribution in [0.5, 0.6) is 0 Å². The highest BCUT2D eigenvalue weighted by molar-refractivity contribution is 7.47. The summed E-state index contributed by atoms with van der Waals surface area (Å²) in [5, 5.41) is 23.6. The van der Waals surface area contributed by atoms with Gasteiger partial charge < -0.3 is 50.1 Å². The number of nitrogens with one attached hydrogen (secondary N) is 1. The third-order valence-corrected chi connectivity index (χ3v) is 7.78. The fourth-order valence-electron chi connectivity index (χ4n) is 4.76. The molecule has 0 aliphatic rings. The molecule has 0 aromatic heterocycles. The van der Waals surface area contributed by atoms with E-state index >= 15 is 0 Å². The van der Waals surface area contributed by atoms with E-state index in [1.807, 2.05) is 0 Å². The van der Waals surface area contributed by atoms with E-state index in [9.17, 15) is 29.3 Å². The van der Waals surface area contributed by atoms with Crippen LogP contribution in [0.3, 0.4) is 0 Å². The van der Waals surface area contributed by atoms with E-state index in [1.54, 1.807) is 0 Å². The molecule has 0 rings (SSSR count). The van der Waals surface area contributed by atoms with Crippen LogP contribution >= 0.6 is 16.4 Å². The molecule has 0 aliphatic heterocycles. The predicted octanol–water partition coefficient (Wildman–Crippen LogP) is 1.76. The molecular formula is C27H54N4O12P2. The average molecular weight is 689 g/mol. The highest BCUT2D eigenvalue weighted by Gasteiger charge is 2.39. The number of amides is 2. The van der Waals surface area contributed by atoms with Crippen molar-refractivity contribution in [3.05, 3.63) is 12.3 Å². The largest absolute Gasteiger partial charge is 0.472 e. The first-order valence-corrected chi connectivity index (χ1v) is 17.1. The van der Waals surface area contributed by atoms with Crippen molar-refractivity contribution in [2.24, 2.45) is 27.5 Å². The van der Waals surface area contributed by atoms with Crippen molar-refractivity contribution in [3.8, 4) is 0 Å². The molecule has 0 spiro atoms. The zero-order chi connectivity index (χ0) is 34.8. The summed E-state index contributed by atoms with van der Waals surface area (Å²) in [4.78, 5) is 56.0. The summed E-state index contributed by atoms with van der Waals surface area (Å²) in [6, 6.07) is 0. The molecule has 0 saturated carbocycles. The Labute approximate surface area is 267 Å². The van der Waals surface area contributed by atoms with E-state index in [0.717, 1.165) is 11.3 Å². The van der Waals surface area contributed by atoms with Gasteiger partial charge in [-0.05, 0) is 36.2 Å². The molecule has 5 atom stereocenters. The average Bonchev–Trinajstić information content (AvgIpc) is 2.90. The number of methoxy groups -OCH3 is 1. The zero-order valence-electron chi connectivity index (χ0n) is 27.4. The SMILES string of the molecule is COC(COP(O)O)C(OP(=O)(O)OCC(CO)CCCCNC(=O)CC(C)(C)CC(C)(C)C)C(O)N(C)/C=C\C(N)=NC=O. The normalized spacial score (nSPS) is 17.1. The van der Waals surface area contributed by atoms with Crippen molar-refractivity contribution in [2.45, 2.75) is 85.2 Å². The molecule has 0 heterocycles. The summed E-state index contributed by atoms with van der Waals surface area (Å²) in [7, 11) is -5.18. The second-order valence-corrected chi connectivity index (χ2v) is 14.9. The fraction of sp³-hybridized carbons (Fsp3) is 0.815. The molecule has 0 fully saturated rings. The number of carbonyl (C=O) groups is 2. The Balaban J connectivity index is 5.17. The molecule has 0 radical (unpaired) electrons. The number of rotatable bonds is 24. The number of likely N-dealkylation sites (N-methyl/N-ethyl adjacent to an activating group) is 1. The molecule has 264 valence electrons. The number of hydrogen-bond acceptors (Lipinski definition) is 12. The summed E-state index contributed by atoms with van der Waals surface area (Å²) in [5.74, 6) is -0.749. The monoisotopic (exact) mass is 688 g/mol. The lowest BCUT2D eigenvalue weighted by Gasteiger charge is -2.34. The second kappa shape index (κ2) is 21.3. The first-order chi connectivity index (χ1) is 20.8. The minimum absolute atomic E-state index is 0.0329. The lowest BCUT2D eigenvalue weighted by Crippen LogP contribution is -2.48. The van der Waals surface area contributed by atoms with Crippen LogP contribution in [0.2, 0.25) is 0 Å². The number of amidine groups is 1. The van der Waals surface area contributed by atoms with Crippen LogP contribution in [0.1, 0.15) is 66.7 Å². The Morgan fingerprint density at radius 3 is 2.36 bits per heavy atom. The van der Waals surface area contributed by atoms with E-state index in [4.69, 9.17) is 33.8 Å². The van der Waals surface area contributed by atoms with E-state index in [0.29, 0.717) is 32.2 Å². The number of nitrogens with zero attached hydrogens (tertiary/aromatic N) is 2. The standard InChI is InChI=1S/C27H54N4O12P2/c1-26(2,3)18-27(4,5)14-23(34)29-12-9-8-10-20(15-32)16-42-45(38,39)43-24(21(40-7)17-41-44(36)37)25(35)31(6)13-11-22(28)30-19-33/h11,13,19-21,24-25,32,35-37H,8-10,12,14-18H2,1-7H3,(H,29,34)(H,38,39)(H2,28,30,33)/b13-11-. The van der Waals surface area contributed by atoms with Crippen molar-refractivity contribution in [1.82, 2.24) is 10.2 Å². The molecule has 5 unspecified atom stereocenters. The summed E-state index contributed by atoms with van der Waals surface area (Å²) in [6.07, 6.45) is 0.912. The molecule has 16 nitrogen and oxygen atoms in total. The highest BCUT2D eigenvalue weighted by atomic mass is 31.2. The molecule has 8 N–H and O–H groups in total. The lowest BCUT2D eigenvalue weighted by atomic mass is 9.74. The van der Waals surface area contributed by atoms with Crippen molar-refractivity contribution >= 4 is 34.6 Å². The Morgan fingerprint density at radius 2 is 1.82 bits per heavy atom. The maximum atomic E-state index is 12.9. The van der Waals surface area contributed by atoms with Gasteiger partial charge in [-0.3, -0.25) is 18.6 Å². The number of nitrogens with two attached hydrogens (primary N) is 1. The van der Waals surface area contributed by atoms with Gasteiger partial charge in [-0.2, -0.15) is 4.99 Å². The van der Waals surface area contributed by atoms with Crippen LogP contribution in [-0.4, -0.2) is 107 Å². The topological polar surface area (TPSA) is 243 Å². The van der Waals surface area contributed by atoms with Gasteiger partial charge in [0, 0.05) is 45.8 Å². The minimum Gasteiger partial charge on any atom is -0.396 e. The van der Waals surface area contributed by atoms with Crippen LogP contribution in [-0.2, 0) is 32.5 Å². The quantitative estimate of drug-likeness (QED) is 0.0191. The van der Waals surface area contributed by atoms with Gasteiger partial charge in [0.05, 0.1) is 13.2 Å². The van der Waals surface area contributed by atoms with Gasteiger partial charge in [-0.25, -0.2) is 4.57 Å². The van der Waals surface area contributed by atoms with Crippen molar-refractivity contribution < 1.29 is 57.4 Å². The first kappa shape index (κ1) is 43.5. The number of phosphoric ester groups is 1. The number of phosphoric acid groups is 1. The number of hydrogen-bond donors (Lipinski definition) is 7. The molecule has 45 heavy (non-hydrogen) atoms. The Morgan fingerprint density at radius 1 is 1.18 bits per heavy atom. The lowest BCUT2D eigenvalue weighted by molar-refractivity contribution is -0.123. The smallest absolute Gasteiger partial charge is 0.396 e. The maximum absolute atomic E-state index is 12.9. The van der Waals surface area contributed by atoms with Gasteiger partial charge in [0.15, 0.2) is 6.23 Å². The summed E-state index contributed by atoms with van der Waals surface area (Å²) >= 11 is 0. The molecule has 0 saturated heterocycles. The molecular weight excluding hydrogens is 634 g/mol. The molecule has 2 amide bonds. The minimum atomic E-state index is -4.89. The van der Waals surface area contributed by atoms with Gasteiger partial charge in [0.2, 0.25) is 12.3 Å². The van der Waals surface area contributed by atoms with Crippen molar-refractivity contribution in [2.75, 3.05) is 40.5 Å². The van der Waals surface area contributed by atoms with E-state index < -0.39 is 47.4 Å². The Kier molecular flexibility index (Phi) is 20.6. The van der Waals surface area contributed by atoms with Crippen LogP contribution in [0.25, 0.3) is 0 Å². The Bertz CT molecular complexity index is 978. The Hall–Kier alpha value is -1.55. The predicted molar refractivity (Wildman–Crippen MR) is 169 cm³/mol. The van der Waals surface area contributed by atoms with Gasteiger partial charge >= 0.3 is 16.4 Å². The van der Waals surface area contributed by atoms with Crippen LogP contribution < -0.4 is 11.1 Å². The van der Waals surface area contributed by atoms with Crippen molar-refractivity contribution in [1.29, 1.82) is 0 Å². The second-order valence-electron chi connectivity index (χ2n) is 12.7. The number of ether oxygens (including phenoxy) is 1. The molecule has 18 heteroatoms. The van der Waals surface area contributed by atoms with E-state index in [-0.39, 0.29) is 42.2 Å². The zero-order valence-corrected chi connectivity index (χ0v) is 29.2. The molecule has 0 bridgehead atoms. The maximum Gasteiger partial charge on any atom is 0.472 e. The third kappa shape index (κ3) is 21.0. The van der Waals surface area contributed by atoms with E-state index in [2.05, 4.69) is 44.9 Å². The van der Waals surface area contributed by atoms with E-state index in [1.165, 1.54) is 26.4 Å². The van der Waals surface area contributed by atoms with Crippen LogP contribution in [0.4, 0.5) is 0 Å². The highest BCUT2D eigenvalue weighted by Crippen LogP contribution is 2.47. The third-order valence-electron chi connectivity index (χ3n) is 6.41. The molecule has 0 aliphatic carbocycles. The number of aliphatic hydroxyl groups excluding tert-OH is 2. The molecule has 0 aromatic carbocycles. The summed E-state index contributed by atoms with van der Waals surface area (Å²) < 4.78 is 33.2. The first-order valence-electron chi connectivity index (χ1n) is 14.5. The number of aliphatic imine (C=N–C) groups is 1. The number of unbranched alkanes of at least 4 members (excludes halogenated alkanes) is 1. The van der Waals surface area contributed by atoms with Crippen molar-refractivity contribution in [3.63, 3.8) is 0 Å². The van der Waals surface area contributed by atoms with Gasteiger partial charge in [0.1, 0.15) is 18.0 Å². The number of carbonyl (C=O) groups excluding carboxylic acids is 2. The summed E-state index contributed by atoms with van der Waals surface area (Å²) in [5.41, 5.74) is 5.48. The van der Waals surface area contributed by atoms with Crippen LogP contribution in [0.15, 0.2) is 17.3 Å². The van der Waals surface area contributed by atoms with Gasteiger partial charge in [-0.15, -0.1) is 0 Å². The number of aliphatic hydroxyl groups is 2.